The summed E-state index contributed by atoms with van der Waals surface area (Å²) in [5, 5.41) is 8.99. The number of hydrogen-bond acceptors (Lipinski definition) is 4. The summed E-state index contributed by atoms with van der Waals surface area (Å²) >= 11 is 1.40. The Labute approximate surface area is 138 Å². The molecule has 3 rings (SSSR count). The molecule has 1 amide bonds. The average Bonchev–Trinajstić information content (AvgIpc) is 2.98. The fourth-order valence-electron chi connectivity index (χ4n) is 2.65. The van der Waals surface area contributed by atoms with Gasteiger partial charge in [-0.25, -0.2) is 0 Å². The minimum absolute atomic E-state index is 0.230. The zero-order valence-electron chi connectivity index (χ0n) is 12.7. The van der Waals surface area contributed by atoms with Gasteiger partial charge in [0.1, 0.15) is 18.9 Å². The Hall–Kier alpha value is -2.34. The van der Waals surface area contributed by atoms with Crippen molar-refractivity contribution in [3.63, 3.8) is 0 Å². The van der Waals surface area contributed by atoms with Crippen LogP contribution in [-0.4, -0.2) is 35.0 Å². The second-order valence-electron chi connectivity index (χ2n) is 5.37. The van der Waals surface area contributed by atoms with Crippen molar-refractivity contribution in [2.75, 3.05) is 13.1 Å². The number of nitrogens with zero attached hydrogens (tertiary/aromatic N) is 1. The maximum absolute atomic E-state index is 12.6. The van der Waals surface area contributed by atoms with Crippen LogP contribution in [0, 0.1) is 0 Å². The number of amides is 1. The Morgan fingerprint density at radius 3 is 2.87 bits per heavy atom. The molecule has 23 heavy (non-hydrogen) atoms. The molecule has 0 unspecified atom stereocenters. The number of ether oxygens (including phenoxy) is 1. The summed E-state index contributed by atoms with van der Waals surface area (Å²) in [6.07, 6.45) is 0.718. The molecular weight excluding hydrogens is 314 g/mol. The number of rotatable bonds is 5. The smallest absolute Gasteiger partial charge is 0.323 e. The number of para-hydroxylation sites is 1. The summed E-state index contributed by atoms with van der Waals surface area (Å²) in [5.41, 5.74) is 1.96. The Morgan fingerprint density at radius 1 is 1.35 bits per heavy atom. The SMILES string of the molecule is CCCN(CC(=O)O)C(=O)c1cc2c(s1)-c1ccccc1OC2. The lowest BCUT2D eigenvalue weighted by Crippen LogP contribution is -2.35. The van der Waals surface area contributed by atoms with E-state index in [1.165, 1.54) is 16.2 Å². The highest BCUT2D eigenvalue weighted by atomic mass is 32.1. The second-order valence-corrected chi connectivity index (χ2v) is 6.42. The van der Waals surface area contributed by atoms with Gasteiger partial charge in [0, 0.05) is 22.5 Å². The molecule has 2 aromatic rings. The van der Waals surface area contributed by atoms with Gasteiger partial charge in [0.05, 0.1) is 4.88 Å². The highest BCUT2D eigenvalue weighted by Crippen LogP contribution is 2.42. The number of fused-ring (bicyclic) bond motifs is 3. The molecule has 0 saturated heterocycles. The summed E-state index contributed by atoms with van der Waals surface area (Å²) in [6, 6.07) is 9.56. The summed E-state index contributed by atoms with van der Waals surface area (Å²) in [7, 11) is 0. The third-order valence-corrected chi connectivity index (χ3v) is 4.84. The molecule has 0 atom stereocenters. The molecule has 1 aromatic carbocycles. The van der Waals surface area contributed by atoms with Gasteiger partial charge < -0.3 is 14.7 Å². The van der Waals surface area contributed by atoms with Gasteiger partial charge >= 0.3 is 5.97 Å². The average molecular weight is 331 g/mol. The van der Waals surface area contributed by atoms with Gasteiger partial charge in [0.15, 0.2) is 0 Å². The van der Waals surface area contributed by atoms with Crippen molar-refractivity contribution in [2.45, 2.75) is 20.0 Å². The Morgan fingerprint density at radius 2 is 2.13 bits per heavy atom. The standard InChI is InChI=1S/C17H17NO4S/c1-2-7-18(9-15(19)20)17(21)14-8-11-10-22-13-6-4-3-5-12(13)16(11)23-14/h3-6,8H,2,7,9-10H2,1H3,(H,19,20). The van der Waals surface area contributed by atoms with Crippen LogP contribution in [0.2, 0.25) is 0 Å². The number of benzene rings is 1. The Kier molecular flexibility index (Phi) is 4.34. The maximum Gasteiger partial charge on any atom is 0.323 e. The van der Waals surface area contributed by atoms with E-state index in [2.05, 4.69) is 0 Å². The second kappa shape index (κ2) is 6.42. The summed E-state index contributed by atoms with van der Waals surface area (Å²) in [5.74, 6) is -0.412. The van der Waals surface area contributed by atoms with Gasteiger partial charge in [-0.05, 0) is 24.6 Å². The van der Waals surface area contributed by atoms with E-state index >= 15 is 0 Å². The van der Waals surface area contributed by atoms with E-state index in [1.807, 2.05) is 37.3 Å². The molecular formula is C17H17NO4S. The molecule has 2 heterocycles. The number of aliphatic carboxylic acids is 1. The number of thiophene rings is 1. The monoisotopic (exact) mass is 331 g/mol. The fraction of sp³-hybridized carbons (Fsp3) is 0.294. The number of carboxylic acid groups (broad SMARTS) is 1. The van der Waals surface area contributed by atoms with Crippen LogP contribution in [0.25, 0.3) is 10.4 Å². The normalized spacial score (nSPS) is 12.0. The summed E-state index contributed by atoms with van der Waals surface area (Å²) in [4.78, 5) is 26.6. The van der Waals surface area contributed by atoms with Gasteiger partial charge in [-0.2, -0.15) is 0 Å². The number of carboxylic acids is 1. The number of carbonyl (C=O) groups is 2. The van der Waals surface area contributed by atoms with Gasteiger partial charge in [-0.15, -0.1) is 11.3 Å². The molecule has 0 saturated carbocycles. The van der Waals surface area contributed by atoms with Gasteiger partial charge in [0.25, 0.3) is 5.91 Å². The van der Waals surface area contributed by atoms with E-state index in [9.17, 15) is 9.59 Å². The molecule has 1 aliphatic rings. The highest BCUT2D eigenvalue weighted by Gasteiger charge is 2.25. The Bertz CT molecular complexity index is 753. The van der Waals surface area contributed by atoms with Crippen molar-refractivity contribution in [1.29, 1.82) is 0 Å². The minimum atomic E-state index is -0.998. The van der Waals surface area contributed by atoms with Crippen molar-refractivity contribution < 1.29 is 19.4 Å². The van der Waals surface area contributed by atoms with E-state index in [4.69, 9.17) is 9.84 Å². The Balaban J connectivity index is 1.92. The molecule has 0 aliphatic carbocycles. The van der Waals surface area contributed by atoms with Crippen LogP contribution in [0.15, 0.2) is 30.3 Å². The molecule has 1 aromatic heterocycles. The van der Waals surface area contributed by atoms with Crippen LogP contribution in [0.4, 0.5) is 0 Å². The van der Waals surface area contributed by atoms with E-state index in [-0.39, 0.29) is 12.5 Å². The molecule has 6 heteroatoms. The summed E-state index contributed by atoms with van der Waals surface area (Å²) in [6.45, 7) is 2.51. The molecule has 0 fully saturated rings. The largest absolute Gasteiger partial charge is 0.488 e. The van der Waals surface area contributed by atoms with Crippen LogP contribution in [0.3, 0.4) is 0 Å². The van der Waals surface area contributed by atoms with E-state index < -0.39 is 5.97 Å². The lowest BCUT2D eigenvalue weighted by molar-refractivity contribution is -0.137. The van der Waals surface area contributed by atoms with Crippen molar-refractivity contribution in [3.8, 4) is 16.2 Å². The zero-order valence-corrected chi connectivity index (χ0v) is 13.6. The number of hydrogen-bond donors (Lipinski definition) is 1. The van der Waals surface area contributed by atoms with Crippen LogP contribution in [0.5, 0.6) is 5.75 Å². The molecule has 0 radical (unpaired) electrons. The van der Waals surface area contributed by atoms with Crippen molar-refractivity contribution >= 4 is 23.2 Å². The maximum atomic E-state index is 12.6. The van der Waals surface area contributed by atoms with Gasteiger partial charge in [-0.3, -0.25) is 9.59 Å². The van der Waals surface area contributed by atoms with E-state index in [0.29, 0.717) is 18.0 Å². The topological polar surface area (TPSA) is 66.8 Å². The van der Waals surface area contributed by atoms with Crippen LogP contribution in [-0.2, 0) is 11.4 Å². The lowest BCUT2D eigenvalue weighted by Gasteiger charge is -2.18. The third kappa shape index (κ3) is 3.07. The number of carbonyl (C=O) groups excluding carboxylic acids is 1. The van der Waals surface area contributed by atoms with E-state index in [1.54, 1.807) is 0 Å². The van der Waals surface area contributed by atoms with Crippen LogP contribution >= 0.6 is 11.3 Å². The first-order valence-corrected chi connectivity index (χ1v) is 8.27. The lowest BCUT2D eigenvalue weighted by atomic mass is 10.1. The van der Waals surface area contributed by atoms with Crippen LogP contribution in [0.1, 0.15) is 28.6 Å². The minimum Gasteiger partial charge on any atom is -0.488 e. The first-order valence-electron chi connectivity index (χ1n) is 7.46. The molecule has 0 spiro atoms. The van der Waals surface area contributed by atoms with Gasteiger partial charge in [0.2, 0.25) is 0 Å². The molecule has 1 aliphatic heterocycles. The van der Waals surface area contributed by atoms with Crippen molar-refractivity contribution in [1.82, 2.24) is 4.90 Å². The first-order chi connectivity index (χ1) is 11.1. The predicted octanol–water partition coefficient (Wildman–Crippen LogP) is 3.24. The van der Waals surface area contributed by atoms with Crippen LogP contribution < -0.4 is 4.74 Å². The quantitative estimate of drug-likeness (QED) is 0.913. The highest BCUT2D eigenvalue weighted by molar-refractivity contribution is 7.17. The van der Waals surface area contributed by atoms with Crippen molar-refractivity contribution in [2.24, 2.45) is 0 Å². The molecule has 0 bridgehead atoms. The first kappa shape index (κ1) is 15.6. The third-order valence-electron chi connectivity index (χ3n) is 3.64. The van der Waals surface area contributed by atoms with Crippen molar-refractivity contribution in [3.05, 3.63) is 40.8 Å². The molecule has 5 nitrogen and oxygen atoms in total. The molecule has 120 valence electrons. The predicted molar refractivity (Wildman–Crippen MR) is 87.9 cm³/mol. The zero-order chi connectivity index (χ0) is 16.4. The fourth-order valence-corrected chi connectivity index (χ4v) is 3.81. The van der Waals surface area contributed by atoms with Gasteiger partial charge in [-0.1, -0.05) is 19.1 Å². The van der Waals surface area contributed by atoms with E-state index in [0.717, 1.165) is 28.2 Å². The summed E-state index contributed by atoms with van der Waals surface area (Å²) < 4.78 is 5.70. The molecule has 1 N–H and O–H groups in total.